The highest BCUT2D eigenvalue weighted by Gasteiger charge is 2.18. The van der Waals surface area contributed by atoms with Crippen LogP contribution in [0.1, 0.15) is 29.8 Å². The van der Waals surface area contributed by atoms with Gasteiger partial charge >= 0.3 is 5.97 Å². The molecule has 1 heterocycles. The zero-order valence-electron chi connectivity index (χ0n) is 16.0. The molecule has 3 aromatic rings. The molecular formula is C21H21ClN4O2S. The summed E-state index contributed by atoms with van der Waals surface area (Å²) in [5.74, 6) is -0.825. The normalized spacial score (nSPS) is 11.4. The molecule has 0 spiro atoms. The first kappa shape index (κ1) is 21.0. The van der Waals surface area contributed by atoms with Crippen LogP contribution in [0, 0.1) is 5.41 Å². The predicted octanol–water partition coefficient (Wildman–Crippen LogP) is 4.81. The molecule has 3 rings (SSSR count). The molecule has 0 saturated heterocycles. The number of aromatic nitrogens is 1. The molecule has 0 atom stereocenters. The molecule has 150 valence electrons. The molecule has 5 N–H and O–H groups in total. The van der Waals surface area contributed by atoms with Crippen LogP contribution in [0.3, 0.4) is 0 Å². The van der Waals surface area contributed by atoms with E-state index >= 15 is 0 Å². The van der Waals surface area contributed by atoms with Gasteiger partial charge in [-0.15, -0.1) is 0 Å². The highest BCUT2D eigenvalue weighted by atomic mass is 35.5. The number of aromatic carboxylic acids is 1. The second kappa shape index (κ2) is 7.93. The molecule has 0 unspecified atom stereocenters. The van der Waals surface area contributed by atoms with E-state index < -0.39 is 5.97 Å². The fourth-order valence-electron chi connectivity index (χ4n) is 3.20. The lowest BCUT2D eigenvalue weighted by atomic mass is 9.91. The summed E-state index contributed by atoms with van der Waals surface area (Å²) >= 11 is 10.9. The van der Waals surface area contributed by atoms with Gasteiger partial charge in [0.1, 0.15) is 5.82 Å². The van der Waals surface area contributed by atoms with E-state index in [-0.39, 0.29) is 16.3 Å². The van der Waals surface area contributed by atoms with Crippen LogP contribution in [0.25, 0.3) is 21.9 Å². The van der Waals surface area contributed by atoms with Gasteiger partial charge in [-0.2, -0.15) is 12.6 Å². The molecule has 0 saturated carbocycles. The van der Waals surface area contributed by atoms with Crippen LogP contribution in [0.5, 0.6) is 0 Å². The van der Waals surface area contributed by atoms with Crippen molar-refractivity contribution in [2.24, 2.45) is 5.73 Å². The van der Waals surface area contributed by atoms with E-state index in [1.165, 1.54) is 6.20 Å². The average molecular weight is 429 g/mol. The van der Waals surface area contributed by atoms with Crippen LogP contribution in [0.2, 0.25) is 5.02 Å². The molecule has 0 aliphatic rings. The lowest BCUT2D eigenvalue weighted by molar-refractivity contribution is 0.0697. The van der Waals surface area contributed by atoms with E-state index in [2.05, 4.69) is 22.9 Å². The largest absolute Gasteiger partial charge is 0.478 e. The van der Waals surface area contributed by atoms with E-state index in [1.807, 2.05) is 38.1 Å². The third kappa shape index (κ3) is 4.81. The van der Waals surface area contributed by atoms with Crippen molar-refractivity contribution in [2.45, 2.75) is 25.0 Å². The number of fused-ring (bicyclic) bond motifs is 1. The fourth-order valence-corrected chi connectivity index (χ4v) is 3.59. The minimum absolute atomic E-state index is 0.201. The third-order valence-electron chi connectivity index (χ3n) is 4.38. The first-order valence-electron chi connectivity index (χ1n) is 8.83. The number of nitrogens with two attached hydrogens (primary N) is 1. The standard InChI is InChI=1S/C21H21ClN4O2S/c1-21(2,29)9-13-4-3-12(19(27)28)8-15(13)11-5-6-14-16(7-11)18(26-20(23)24)25-10-17(14)22/h3-8,10,29H,9H2,1-2H3,(H,27,28)(H4,23,24,25,26). The molecule has 0 aliphatic heterocycles. The summed E-state index contributed by atoms with van der Waals surface area (Å²) < 4.78 is -0.275. The summed E-state index contributed by atoms with van der Waals surface area (Å²) in [5.41, 5.74) is 8.26. The van der Waals surface area contributed by atoms with Crippen molar-refractivity contribution in [1.82, 2.24) is 4.98 Å². The van der Waals surface area contributed by atoms with E-state index in [0.29, 0.717) is 22.6 Å². The summed E-state index contributed by atoms with van der Waals surface area (Å²) in [6.45, 7) is 4.01. The van der Waals surface area contributed by atoms with Crippen LogP contribution in [0.4, 0.5) is 5.82 Å². The lowest BCUT2D eigenvalue weighted by Gasteiger charge is -2.20. The maximum Gasteiger partial charge on any atom is 0.335 e. The van der Waals surface area contributed by atoms with Gasteiger partial charge in [0, 0.05) is 21.7 Å². The van der Waals surface area contributed by atoms with Gasteiger partial charge in [-0.25, -0.2) is 9.78 Å². The number of carbonyl (C=O) groups is 1. The number of benzene rings is 2. The minimum atomic E-state index is -0.993. The molecule has 0 radical (unpaired) electrons. The van der Waals surface area contributed by atoms with Gasteiger partial charge in [0.15, 0.2) is 5.96 Å². The number of hydrogen-bond donors (Lipinski definition) is 5. The first-order chi connectivity index (χ1) is 13.5. The quantitative estimate of drug-likeness (QED) is 0.227. The Bertz CT molecular complexity index is 1130. The molecule has 0 fully saturated rings. The van der Waals surface area contributed by atoms with Gasteiger partial charge in [-0.3, -0.25) is 5.41 Å². The second-order valence-electron chi connectivity index (χ2n) is 7.42. The third-order valence-corrected chi connectivity index (χ3v) is 4.84. The Morgan fingerprint density at radius 1 is 1.28 bits per heavy atom. The number of hydrogen-bond acceptors (Lipinski definition) is 4. The van der Waals surface area contributed by atoms with Crippen LogP contribution in [0.15, 0.2) is 42.6 Å². The number of anilines is 1. The highest BCUT2D eigenvalue weighted by Crippen LogP contribution is 2.35. The van der Waals surface area contributed by atoms with E-state index in [0.717, 1.165) is 22.1 Å². The zero-order valence-corrected chi connectivity index (χ0v) is 17.6. The van der Waals surface area contributed by atoms with Gasteiger partial charge < -0.3 is 16.2 Å². The van der Waals surface area contributed by atoms with E-state index in [9.17, 15) is 9.90 Å². The molecule has 2 aromatic carbocycles. The van der Waals surface area contributed by atoms with E-state index in [4.69, 9.17) is 22.7 Å². The molecule has 0 aliphatic carbocycles. The van der Waals surface area contributed by atoms with Crippen molar-refractivity contribution in [3.05, 3.63) is 58.7 Å². The number of pyridine rings is 1. The highest BCUT2D eigenvalue weighted by molar-refractivity contribution is 7.81. The van der Waals surface area contributed by atoms with Crippen LogP contribution >= 0.6 is 24.2 Å². The Kier molecular flexibility index (Phi) is 5.73. The van der Waals surface area contributed by atoms with Gasteiger partial charge in [0.2, 0.25) is 0 Å². The molecule has 29 heavy (non-hydrogen) atoms. The Morgan fingerprint density at radius 2 is 2.00 bits per heavy atom. The van der Waals surface area contributed by atoms with Crippen LogP contribution in [-0.2, 0) is 6.42 Å². The van der Waals surface area contributed by atoms with Crippen molar-refractivity contribution in [2.75, 3.05) is 5.32 Å². The molecule has 0 bridgehead atoms. The smallest absolute Gasteiger partial charge is 0.335 e. The van der Waals surface area contributed by atoms with Crippen LogP contribution in [-0.4, -0.2) is 26.8 Å². The molecule has 1 aromatic heterocycles. The summed E-state index contributed by atoms with van der Waals surface area (Å²) in [6, 6.07) is 10.7. The van der Waals surface area contributed by atoms with E-state index in [1.54, 1.807) is 12.1 Å². The topological polar surface area (TPSA) is 112 Å². The van der Waals surface area contributed by atoms with Gasteiger partial charge in [0.25, 0.3) is 0 Å². The Balaban J connectivity index is 2.25. The second-order valence-corrected chi connectivity index (χ2v) is 9.04. The SMILES string of the molecule is CC(C)(S)Cc1ccc(C(=O)O)cc1-c1ccc2c(Cl)cnc(NC(=N)N)c2c1. The van der Waals surface area contributed by atoms with Gasteiger partial charge in [-0.1, -0.05) is 43.6 Å². The lowest BCUT2D eigenvalue weighted by Crippen LogP contribution is -2.21. The number of guanidine groups is 1. The maximum absolute atomic E-state index is 11.5. The summed E-state index contributed by atoms with van der Waals surface area (Å²) in [4.78, 5) is 15.8. The number of thiol groups is 1. The number of halogens is 1. The Labute approximate surface area is 179 Å². The zero-order chi connectivity index (χ0) is 21.3. The predicted molar refractivity (Wildman–Crippen MR) is 121 cm³/mol. The van der Waals surface area contributed by atoms with Crippen molar-refractivity contribution >= 4 is 52.7 Å². The number of nitrogens with zero attached hydrogens (tertiary/aromatic N) is 1. The van der Waals surface area contributed by atoms with Gasteiger partial charge in [0.05, 0.1) is 10.6 Å². The van der Waals surface area contributed by atoms with Crippen LogP contribution < -0.4 is 11.1 Å². The number of nitrogens with one attached hydrogen (secondary N) is 2. The monoisotopic (exact) mass is 428 g/mol. The van der Waals surface area contributed by atoms with Crippen molar-refractivity contribution in [3.8, 4) is 11.1 Å². The fraction of sp³-hybridized carbons (Fsp3) is 0.190. The average Bonchev–Trinajstić information content (AvgIpc) is 2.62. The maximum atomic E-state index is 11.5. The Hall–Kier alpha value is -2.77. The molecule has 0 amide bonds. The number of carboxylic acids is 1. The molecule has 8 heteroatoms. The summed E-state index contributed by atoms with van der Waals surface area (Å²) in [5, 5.41) is 21.6. The van der Waals surface area contributed by atoms with Crippen molar-refractivity contribution in [1.29, 1.82) is 5.41 Å². The molecular weight excluding hydrogens is 408 g/mol. The summed E-state index contributed by atoms with van der Waals surface area (Å²) in [7, 11) is 0. The number of carboxylic acid groups (broad SMARTS) is 1. The summed E-state index contributed by atoms with van der Waals surface area (Å²) in [6.07, 6.45) is 2.14. The van der Waals surface area contributed by atoms with Gasteiger partial charge in [-0.05, 0) is 41.3 Å². The molecule has 6 nitrogen and oxygen atoms in total. The number of rotatable bonds is 5. The minimum Gasteiger partial charge on any atom is -0.478 e. The Morgan fingerprint density at radius 3 is 2.62 bits per heavy atom. The van der Waals surface area contributed by atoms with Crippen molar-refractivity contribution in [3.63, 3.8) is 0 Å². The first-order valence-corrected chi connectivity index (χ1v) is 9.66. The van der Waals surface area contributed by atoms with Crippen molar-refractivity contribution < 1.29 is 9.90 Å².